The van der Waals surface area contributed by atoms with Crippen LogP contribution in [0.4, 0.5) is 4.39 Å². The molecule has 9 heteroatoms. The van der Waals surface area contributed by atoms with E-state index in [0.717, 1.165) is 32.4 Å². The van der Waals surface area contributed by atoms with Crippen LogP contribution in [0.25, 0.3) is 0 Å². The number of quaternary nitrogens is 1. The maximum atomic E-state index is 14.3. The van der Waals surface area contributed by atoms with Gasteiger partial charge in [0.1, 0.15) is 11.6 Å². The number of nitrogens with one attached hydrogen (secondary N) is 1. The van der Waals surface area contributed by atoms with Gasteiger partial charge in [-0.3, -0.25) is 4.79 Å². The molecule has 1 atom stereocenters. The van der Waals surface area contributed by atoms with E-state index in [1.165, 1.54) is 23.5 Å². The van der Waals surface area contributed by atoms with Gasteiger partial charge in [-0.05, 0) is 74.2 Å². The molecule has 0 aliphatic rings. The van der Waals surface area contributed by atoms with E-state index in [9.17, 15) is 23.9 Å². The van der Waals surface area contributed by atoms with Gasteiger partial charge in [0.05, 0.1) is 38.3 Å². The van der Waals surface area contributed by atoms with Crippen molar-refractivity contribution in [3.05, 3.63) is 89.2 Å². The molecule has 0 fully saturated rings. The second-order valence-electron chi connectivity index (χ2n) is 7.93. The summed E-state index contributed by atoms with van der Waals surface area (Å²) in [5.74, 6) is -3.31. The van der Waals surface area contributed by atoms with Crippen LogP contribution in [0.2, 0.25) is 5.02 Å². The van der Waals surface area contributed by atoms with Gasteiger partial charge in [0, 0.05) is 22.7 Å². The predicted molar refractivity (Wildman–Crippen MR) is 134 cm³/mol. The lowest BCUT2D eigenvalue weighted by Crippen LogP contribution is -3.08. The lowest BCUT2D eigenvalue weighted by molar-refractivity contribution is -0.873. The standard InChI is InChI=1S/C23H27ClFNO2.C4H4O4/c1-3-14-26(2)15-6-4-5-7-16-28-20-12-13-21(22(25)17-20)23(27)18-8-10-19(24)11-9-18;5-3(6)1-2-4(7)8/h3,8-13,17H,1,4-7,14-16H2,2H3;1-2H,(H,5,6)(H,7,8)/b;2-1+. The molecule has 0 radical (unpaired) electrons. The summed E-state index contributed by atoms with van der Waals surface area (Å²) < 4.78 is 20.0. The first-order valence-corrected chi connectivity index (χ1v) is 11.8. The van der Waals surface area contributed by atoms with Crippen LogP contribution >= 0.6 is 11.6 Å². The smallest absolute Gasteiger partial charge is 0.328 e. The van der Waals surface area contributed by atoms with Gasteiger partial charge in [-0.1, -0.05) is 18.2 Å². The number of benzene rings is 2. The summed E-state index contributed by atoms with van der Waals surface area (Å²) >= 11 is 5.82. The first-order chi connectivity index (χ1) is 17.1. The van der Waals surface area contributed by atoms with Crippen molar-refractivity contribution < 1.29 is 38.6 Å². The molecule has 0 saturated carbocycles. The molecule has 194 valence electrons. The quantitative estimate of drug-likeness (QED) is 0.172. The van der Waals surface area contributed by atoms with Crippen molar-refractivity contribution in [2.45, 2.75) is 25.7 Å². The summed E-state index contributed by atoms with van der Waals surface area (Å²) in [5, 5.41) is 17.8. The van der Waals surface area contributed by atoms with E-state index in [0.29, 0.717) is 35.1 Å². The van der Waals surface area contributed by atoms with Crippen LogP contribution in [-0.4, -0.2) is 49.6 Å². The highest BCUT2D eigenvalue weighted by atomic mass is 35.5. The third kappa shape index (κ3) is 12.8. The molecular weight excluding hydrogens is 489 g/mol. The van der Waals surface area contributed by atoms with E-state index in [2.05, 4.69) is 13.6 Å². The normalized spacial score (nSPS) is 11.3. The number of carboxylic acid groups (broad SMARTS) is 2. The maximum absolute atomic E-state index is 14.3. The van der Waals surface area contributed by atoms with Crippen LogP contribution in [0.15, 0.2) is 67.3 Å². The minimum atomic E-state index is -1.51. The summed E-state index contributed by atoms with van der Waals surface area (Å²) in [6, 6.07) is 10.8. The zero-order valence-electron chi connectivity index (χ0n) is 20.2. The van der Waals surface area contributed by atoms with E-state index in [-0.39, 0.29) is 11.3 Å². The molecule has 36 heavy (non-hydrogen) atoms. The number of unbranched alkanes of at least 4 members (excludes halogenated alkanes) is 3. The third-order valence-electron chi connectivity index (χ3n) is 4.91. The second-order valence-corrected chi connectivity index (χ2v) is 8.37. The van der Waals surface area contributed by atoms with Crippen LogP contribution in [0.3, 0.4) is 0 Å². The van der Waals surface area contributed by atoms with E-state index in [1.54, 1.807) is 30.3 Å². The molecule has 0 amide bonds. The highest BCUT2D eigenvalue weighted by Crippen LogP contribution is 2.21. The van der Waals surface area contributed by atoms with E-state index >= 15 is 0 Å². The minimum absolute atomic E-state index is 0.0285. The van der Waals surface area contributed by atoms with Crippen molar-refractivity contribution in [3.8, 4) is 5.75 Å². The van der Waals surface area contributed by atoms with Crippen LogP contribution in [0, 0.1) is 5.82 Å². The van der Waals surface area contributed by atoms with Gasteiger partial charge in [0.2, 0.25) is 0 Å². The molecule has 0 aliphatic heterocycles. The van der Waals surface area contributed by atoms with E-state index < -0.39 is 17.8 Å². The number of rotatable bonds is 14. The van der Waals surface area contributed by atoms with Crippen molar-refractivity contribution in [1.29, 1.82) is 0 Å². The molecule has 2 aromatic carbocycles. The number of carbonyl (C=O) groups excluding carboxylic acids is 2. The molecule has 0 spiro atoms. The van der Waals surface area contributed by atoms with Crippen LogP contribution in [-0.2, 0) is 9.59 Å². The number of halogens is 2. The summed E-state index contributed by atoms with van der Waals surface area (Å²) in [4.78, 5) is 32.8. The molecule has 7 nitrogen and oxygen atoms in total. The SMILES string of the molecule is C=CC[NH+](C)CCCCCCOc1ccc(C(=O)c2ccc(Cl)cc2)c(F)c1.O=C([O-])/C=C/C(=O)O. The number of carboxylic acids is 2. The highest BCUT2D eigenvalue weighted by molar-refractivity contribution is 6.30. The first-order valence-electron chi connectivity index (χ1n) is 11.4. The molecule has 0 bridgehead atoms. The molecule has 0 saturated heterocycles. The lowest BCUT2D eigenvalue weighted by atomic mass is 10.0. The Labute approximate surface area is 215 Å². The van der Waals surface area contributed by atoms with Crippen molar-refractivity contribution in [1.82, 2.24) is 0 Å². The zero-order chi connectivity index (χ0) is 26.9. The monoisotopic (exact) mass is 519 g/mol. The topological polar surface area (TPSA) is 108 Å². The fourth-order valence-electron chi connectivity index (χ4n) is 3.09. The zero-order valence-corrected chi connectivity index (χ0v) is 20.9. The van der Waals surface area contributed by atoms with Gasteiger partial charge in [0.15, 0.2) is 5.78 Å². The molecule has 0 aromatic heterocycles. The van der Waals surface area contributed by atoms with Crippen molar-refractivity contribution in [3.63, 3.8) is 0 Å². The Morgan fingerprint density at radius 3 is 2.31 bits per heavy atom. The molecule has 0 heterocycles. The number of carbonyl (C=O) groups is 3. The van der Waals surface area contributed by atoms with Crippen molar-refractivity contribution in [2.75, 3.05) is 26.7 Å². The Balaban J connectivity index is 0.000000697. The largest absolute Gasteiger partial charge is 0.545 e. The van der Waals surface area contributed by atoms with Gasteiger partial charge in [-0.15, -0.1) is 0 Å². The number of ketones is 1. The number of ether oxygens (including phenoxy) is 1. The van der Waals surface area contributed by atoms with E-state index in [4.69, 9.17) is 21.4 Å². The molecule has 2 N–H and O–H groups in total. The van der Waals surface area contributed by atoms with Gasteiger partial charge in [-0.2, -0.15) is 0 Å². The molecule has 2 aromatic rings. The van der Waals surface area contributed by atoms with Crippen LogP contribution in [0.5, 0.6) is 5.75 Å². The second kappa shape index (κ2) is 17.0. The average molecular weight is 520 g/mol. The molecule has 0 aliphatic carbocycles. The number of likely N-dealkylation sites (N-methyl/N-ethyl adjacent to an activating group) is 1. The van der Waals surface area contributed by atoms with Gasteiger partial charge in [-0.25, -0.2) is 9.18 Å². The summed E-state index contributed by atoms with van der Waals surface area (Å²) in [6.07, 6.45) is 7.22. The predicted octanol–water partition coefficient (Wildman–Crippen LogP) is 2.73. The average Bonchev–Trinajstić information content (AvgIpc) is 2.83. The minimum Gasteiger partial charge on any atom is -0.545 e. The molecule has 1 unspecified atom stereocenters. The van der Waals surface area contributed by atoms with Gasteiger partial charge < -0.3 is 24.6 Å². The Morgan fingerprint density at radius 2 is 1.75 bits per heavy atom. The first kappa shape index (κ1) is 30.5. The van der Waals surface area contributed by atoms with Crippen molar-refractivity contribution in [2.24, 2.45) is 0 Å². The number of aliphatic carboxylic acids is 2. The van der Waals surface area contributed by atoms with Crippen LogP contribution < -0.4 is 14.7 Å². The van der Waals surface area contributed by atoms with E-state index in [1.807, 2.05) is 6.08 Å². The fourth-order valence-corrected chi connectivity index (χ4v) is 3.21. The number of hydrogen-bond acceptors (Lipinski definition) is 5. The third-order valence-corrected chi connectivity index (χ3v) is 5.16. The Kier molecular flexibility index (Phi) is 14.4. The summed E-state index contributed by atoms with van der Waals surface area (Å²) in [5.41, 5.74) is 0.429. The highest BCUT2D eigenvalue weighted by Gasteiger charge is 2.15. The fraction of sp³-hybridized carbons (Fsp3) is 0.296. The molecule has 2 rings (SSSR count). The summed E-state index contributed by atoms with van der Waals surface area (Å²) in [7, 11) is 2.17. The summed E-state index contributed by atoms with van der Waals surface area (Å²) in [6.45, 7) is 6.42. The number of hydrogen-bond donors (Lipinski definition) is 2. The lowest BCUT2D eigenvalue weighted by Gasteiger charge is -2.11. The maximum Gasteiger partial charge on any atom is 0.328 e. The van der Waals surface area contributed by atoms with Crippen LogP contribution in [0.1, 0.15) is 41.6 Å². The Bertz CT molecular complexity index is 1020. The Hall–Kier alpha value is -3.49. The van der Waals surface area contributed by atoms with Gasteiger partial charge >= 0.3 is 5.97 Å². The Morgan fingerprint density at radius 1 is 1.08 bits per heavy atom. The van der Waals surface area contributed by atoms with Crippen molar-refractivity contribution >= 4 is 29.3 Å². The molecular formula is C27H31ClFNO6. The van der Waals surface area contributed by atoms with Gasteiger partial charge in [0.25, 0.3) is 0 Å².